The average Bonchev–Trinajstić information content (AvgIpc) is 1.65. The Bertz CT molecular complexity index is 45.3. The van der Waals surface area contributed by atoms with E-state index in [1.54, 1.807) is 0 Å². The Balaban J connectivity index is 3.14. The zero-order chi connectivity index (χ0) is 5.86. The molecule has 0 rings (SSSR count). The molecule has 0 aromatic heterocycles. The van der Waals surface area contributed by atoms with Crippen LogP contribution in [0.1, 0.15) is 13.8 Å². The van der Waals surface area contributed by atoms with Gasteiger partial charge in [0.25, 0.3) is 0 Å². The van der Waals surface area contributed by atoms with Crippen LogP contribution in [0, 0.1) is 5.92 Å². The quantitative estimate of drug-likeness (QED) is 0.485. The Morgan fingerprint density at radius 3 is 2.00 bits per heavy atom. The summed E-state index contributed by atoms with van der Waals surface area (Å²) in [5.41, 5.74) is 5.37. The van der Waals surface area contributed by atoms with E-state index in [0.717, 1.165) is 12.4 Å². The second-order valence-corrected chi connectivity index (χ2v) is 2.46. The molecule has 0 saturated heterocycles. The van der Waals surface area contributed by atoms with Gasteiger partial charge >= 0.3 is 0 Å². The highest BCUT2D eigenvalue weighted by molar-refractivity contribution is 6.11. The van der Waals surface area contributed by atoms with Gasteiger partial charge in [-0.05, 0) is 12.5 Å². The topological polar surface area (TPSA) is 26.0 Å². The van der Waals surface area contributed by atoms with Gasteiger partial charge < -0.3 is 5.73 Å². The summed E-state index contributed by atoms with van der Waals surface area (Å²) in [7, 11) is 2.19. The average molecular weight is 99.0 g/mol. The van der Waals surface area contributed by atoms with Crippen molar-refractivity contribution in [1.29, 1.82) is 0 Å². The predicted molar refractivity (Wildman–Crippen MR) is 36.2 cm³/mol. The van der Waals surface area contributed by atoms with Crippen molar-refractivity contribution in [1.82, 2.24) is 0 Å². The molecule has 0 spiro atoms. The van der Waals surface area contributed by atoms with Gasteiger partial charge in [0.15, 0.2) is 0 Å². The summed E-state index contributed by atoms with van der Waals surface area (Å²) in [6.45, 7) is 5.18. The summed E-state index contributed by atoms with van der Waals surface area (Å²) in [6.07, 6.45) is 0. The van der Waals surface area contributed by atoms with Gasteiger partial charge in [0.05, 0.1) is 0 Å². The fourth-order valence-electron chi connectivity index (χ4n) is 0.272. The van der Waals surface area contributed by atoms with Crippen molar-refractivity contribution in [2.24, 2.45) is 11.7 Å². The zero-order valence-electron chi connectivity index (χ0n) is 5.44. The molecule has 0 saturated carbocycles. The number of hydrogen-bond donors (Lipinski definition) is 1. The van der Waals surface area contributed by atoms with Gasteiger partial charge in [0, 0.05) is 0 Å². The lowest BCUT2D eigenvalue weighted by atomic mass is 9.79. The van der Waals surface area contributed by atoms with Gasteiger partial charge in [0.2, 0.25) is 0 Å². The van der Waals surface area contributed by atoms with Crippen molar-refractivity contribution >= 4 is 7.85 Å². The van der Waals surface area contributed by atoms with Gasteiger partial charge in [-0.3, -0.25) is 0 Å². The number of rotatable bonds is 2. The maximum Gasteiger partial charge on any atom is 0.105 e. The molecule has 0 aliphatic carbocycles. The highest BCUT2D eigenvalue weighted by Gasteiger charge is 2.01. The lowest BCUT2D eigenvalue weighted by Gasteiger charge is -2.10. The van der Waals surface area contributed by atoms with Gasteiger partial charge in [-0.15, -0.1) is 0 Å². The molecule has 0 bridgehead atoms. The predicted octanol–water partition coefficient (Wildman–Crippen LogP) is 0.0227. The highest BCUT2D eigenvalue weighted by Crippen LogP contribution is 2.09. The van der Waals surface area contributed by atoms with Crippen LogP contribution >= 0.6 is 0 Å². The lowest BCUT2D eigenvalue weighted by molar-refractivity contribution is 0.575. The van der Waals surface area contributed by atoms with E-state index in [1.165, 1.54) is 0 Å². The molecule has 0 fully saturated rings. The van der Waals surface area contributed by atoms with Gasteiger partial charge in [0.1, 0.15) is 7.85 Å². The van der Waals surface area contributed by atoms with Crippen molar-refractivity contribution in [3.05, 3.63) is 0 Å². The fourth-order valence-corrected chi connectivity index (χ4v) is 0.272. The van der Waals surface area contributed by atoms with E-state index in [4.69, 9.17) is 5.73 Å². The van der Waals surface area contributed by atoms with Crippen LogP contribution in [0.3, 0.4) is 0 Å². The van der Waals surface area contributed by atoms with E-state index >= 15 is 0 Å². The standard InChI is InChI=1S/C5H14BN/c1-4(3-7)5(2)6/h4-5H,3,6-7H2,1-2H3/t4-,5?/m0/s1. The third-order valence-corrected chi connectivity index (χ3v) is 1.51. The Labute approximate surface area is 46.7 Å². The van der Waals surface area contributed by atoms with Gasteiger partial charge in [-0.2, -0.15) is 0 Å². The van der Waals surface area contributed by atoms with Crippen molar-refractivity contribution in [2.75, 3.05) is 6.54 Å². The van der Waals surface area contributed by atoms with E-state index in [1.807, 2.05) is 0 Å². The van der Waals surface area contributed by atoms with Crippen LogP contribution in [0.5, 0.6) is 0 Å². The molecule has 1 nitrogen and oxygen atoms in total. The molecule has 0 aromatic rings. The van der Waals surface area contributed by atoms with Crippen molar-refractivity contribution < 1.29 is 0 Å². The molecule has 7 heavy (non-hydrogen) atoms. The summed E-state index contributed by atoms with van der Waals surface area (Å²) >= 11 is 0. The monoisotopic (exact) mass is 99.1 g/mol. The van der Waals surface area contributed by atoms with Gasteiger partial charge in [-0.1, -0.05) is 19.7 Å². The first-order chi connectivity index (χ1) is 3.18. The van der Waals surface area contributed by atoms with Crippen molar-refractivity contribution in [3.8, 4) is 0 Å². The lowest BCUT2D eigenvalue weighted by Crippen LogP contribution is -2.14. The molecule has 2 atom stereocenters. The zero-order valence-corrected chi connectivity index (χ0v) is 5.44. The highest BCUT2D eigenvalue weighted by atomic mass is 14.5. The summed E-state index contributed by atoms with van der Waals surface area (Å²) in [6, 6.07) is 0. The first-order valence-corrected chi connectivity index (χ1v) is 2.88. The minimum absolute atomic E-state index is 0.681. The normalized spacial score (nSPS) is 18.7. The molecule has 2 heteroatoms. The minimum atomic E-state index is 0.681. The molecule has 0 radical (unpaired) electrons. The van der Waals surface area contributed by atoms with Crippen molar-refractivity contribution in [3.63, 3.8) is 0 Å². The second-order valence-electron chi connectivity index (χ2n) is 2.46. The SMILES string of the molecule is BC(C)[C@@H](C)CN. The van der Waals surface area contributed by atoms with E-state index in [0.29, 0.717) is 5.92 Å². The van der Waals surface area contributed by atoms with Crippen LogP contribution in [-0.2, 0) is 0 Å². The molecule has 0 amide bonds. The minimum Gasteiger partial charge on any atom is -0.330 e. The maximum atomic E-state index is 5.37. The van der Waals surface area contributed by atoms with Crippen LogP contribution in [0.15, 0.2) is 0 Å². The Hall–Kier alpha value is 0.0249. The molecular weight excluding hydrogens is 84.9 g/mol. The van der Waals surface area contributed by atoms with Crippen LogP contribution < -0.4 is 5.73 Å². The van der Waals surface area contributed by atoms with E-state index in [-0.39, 0.29) is 0 Å². The van der Waals surface area contributed by atoms with Gasteiger partial charge in [-0.25, -0.2) is 0 Å². The molecule has 2 N–H and O–H groups in total. The summed E-state index contributed by atoms with van der Waals surface area (Å²) in [5, 5.41) is 0. The van der Waals surface area contributed by atoms with E-state index in [2.05, 4.69) is 21.7 Å². The second kappa shape index (κ2) is 3.08. The number of nitrogens with two attached hydrogens (primary N) is 1. The summed E-state index contributed by atoms with van der Waals surface area (Å²) in [5.74, 6) is 1.42. The van der Waals surface area contributed by atoms with E-state index in [9.17, 15) is 0 Å². The van der Waals surface area contributed by atoms with Crippen LogP contribution in [0.25, 0.3) is 0 Å². The summed E-state index contributed by atoms with van der Waals surface area (Å²) < 4.78 is 0. The Morgan fingerprint density at radius 1 is 1.57 bits per heavy atom. The molecular formula is C5H14BN. The van der Waals surface area contributed by atoms with Crippen LogP contribution in [0.2, 0.25) is 5.82 Å². The van der Waals surface area contributed by atoms with Crippen LogP contribution in [0.4, 0.5) is 0 Å². The largest absolute Gasteiger partial charge is 0.330 e. The maximum absolute atomic E-state index is 5.37. The molecule has 1 unspecified atom stereocenters. The first kappa shape index (κ1) is 7.02. The molecule has 0 aliphatic heterocycles. The van der Waals surface area contributed by atoms with Crippen molar-refractivity contribution in [2.45, 2.75) is 19.7 Å². The Kier molecular flexibility index (Phi) is 3.09. The molecule has 0 aliphatic rings. The fraction of sp³-hybridized carbons (Fsp3) is 1.00. The number of hydrogen-bond acceptors (Lipinski definition) is 1. The summed E-state index contributed by atoms with van der Waals surface area (Å²) in [4.78, 5) is 0. The molecule has 42 valence electrons. The Morgan fingerprint density at radius 2 is 2.00 bits per heavy atom. The molecule has 0 heterocycles. The molecule has 0 aromatic carbocycles. The third-order valence-electron chi connectivity index (χ3n) is 1.51. The smallest absolute Gasteiger partial charge is 0.105 e. The first-order valence-electron chi connectivity index (χ1n) is 2.88. The third kappa shape index (κ3) is 2.69. The van der Waals surface area contributed by atoms with Crippen LogP contribution in [-0.4, -0.2) is 14.4 Å². The van der Waals surface area contributed by atoms with E-state index < -0.39 is 0 Å².